The smallest absolute Gasteiger partial charge is 0.395 e. The molecule has 1 aliphatic heterocycles. The van der Waals surface area contributed by atoms with E-state index in [9.17, 15) is 14.9 Å². The maximum atomic E-state index is 12.5. The van der Waals surface area contributed by atoms with Crippen LogP contribution in [0, 0.1) is 10.1 Å². The lowest BCUT2D eigenvalue weighted by Crippen LogP contribution is -2.32. The molecule has 0 spiro atoms. The minimum Gasteiger partial charge on any atom is -0.395 e. The number of carbonyl (C=O) groups excluding carboxylic acids is 1. The second-order valence-electron chi connectivity index (χ2n) is 6.23. The highest BCUT2D eigenvalue weighted by atomic mass is 16.6. The second-order valence-corrected chi connectivity index (χ2v) is 6.23. The maximum Gasteiger partial charge on any atom is 0.433 e. The average molecular weight is 343 g/mol. The van der Waals surface area contributed by atoms with E-state index in [2.05, 4.69) is 11.0 Å². The third-order valence-electron chi connectivity index (χ3n) is 4.43. The van der Waals surface area contributed by atoms with E-state index in [1.54, 1.807) is 7.05 Å². The summed E-state index contributed by atoms with van der Waals surface area (Å²) in [6.45, 7) is 2.47. The SMILES string of the molecule is CN(Cc1ccccc1N1CCCCC1)C(=O)c1ccc([N+](=O)[O-])o1. The number of anilines is 1. The average Bonchev–Trinajstić information content (AvgIpc) is 3.12. The lowest BCUT2D eigenvalue weighted by molar-refractivity contribution is -0.402. The Labute approximate surface area is 146 Å². The van der Waals surface area contributed by atoms with Crippen molar-refractivity contribution >= 4 is 17.5 Å². The predicted octanol–water partition coefficient (Wildman–Crippen LogP) is 3.45. The monoisotopic (exact) mass is 343 g/mol. The fourth-order valence-electron chi connectivity index (χ4n) is 3.14. The van der Waals surface area contributed by atoms with E-state index in [0.29, 0.717) is 6.54 Å². The van der Waals surface area contributed by atoms with Gasteiger partial charge in [-0.15, -0.1) is 0 Å². The van der Waals surface area contributed by atoms with E-state index in [0.717, 1.165) is 24.3 Å². The standard InChI is InChI=1S/C18H21N3O4/c1-19(18(22)16-9-10-17(25-16)21(23)24)13-14-7-3-4-8-15(14)20-11-5-2-6-12-20/h3-4,7-10H,2,5-6,11-13H2,1H3. The van der Waals surface area contributed by atoms with E-state index in [-0.39, 0.29) is 11.7 Å². The summed E-state index contributed by atoms with van der Waals surface area (Å²) >= 11 is 0. The number of hydrogen-bond acceptors (Lipinski definition) is 5. The van der Waals surface area contributed by atoms with Crippen molar-refractivity contribution in [1.82, 2.24) is 4.90 Å². The quantitative estimate of drug-likeness (QED) is 0.613. The first-order valence-corrected chi connectivity index (χ1v) is 8.39. The Hall–Kier alpha value is -2.83. The molecule has 0 unspecified atom stereocenters. The molecule has 0 aliphatic carbocycles. The van der Waals surface area contributed by atoms with Gasteiger partial charge in [-0.3, -0.25) is 14.9 Å². The molecule has 0 bridgehead atoms. The summed E-state index contributed by atoms with van der Waals surface area (Å²) in [6, 6.07) is 10.6. The molecule has 1 aliphatic rings. The van der Waals surface area contributed by atoms with Crippen LogP contribution in [0.15, 0.2) is 40.8 Å². The Morgan fingerprint density at radius 1 is 1.20 bits per heavy atom. The van der Waals surface area contributed by atoms with Gasteiger partial charge < -0.3 is 14.2 Å². The molecule has 0 radical (unpaired) electrons. The molecule has 3 rings (SSSR count). The van der Waals surface area contributed by atoms with Crippen molar-refractivity contribution in [3.8, 4) is 0 Å². The number of para-hydroxylation sites is 1. The zero-order chi connectivity index (χ0) is 17.8. The van der Waals surface area contributed by atoms with E-state index >= 15 is 0 Å². The Morgan fingerprint density at radius 3 is 2.60 bits per heavy atom. The molecule has 25 heavy (non-hydrogen) atoms. The van der Waals surface area contributed by atoms with Gasteiger partial charge in [0, 0.05) is 32.4 Å². The van der Waals surface area contributed by atoms with Crippen LogP contribution >= 0.6 is 0 Å². The highest BCUT2D eigenvalue weighted by Crippen LogP contribution is 2.26. The molecule has 1 aromatic carbocycles. The van der Waals surface area contributed by atoms with Crippen LogP contribution in [0.4, 0.5) is 11.6 Å². The normalized spacial score (nSPS) is 14.4. The summed E-state index contributed by atoms with van der Waals surface area (Å²) < 4.78 is 5.01. The van der Waals surface area contributed by atoms with Crippen molar-refractivity contribution in [2.75, 3.05) is 25.0 Å². The van der Waals surface area contributed by atoms with Gasteiger partial charge in [-0.25, -0.2) is 0 Å². The second kappa shape index (κ2) is 7.38. The van der Waals surface area contributed by atoms with Crippen LogP contribution in [0.2, 0.25) is 0 Å². The third-order valence-corrected chi connectivity index (χ3v) is 4.43. The van der Waals surface area contributed by atoms with Crippen molar-refractivity contribution in [1.29, 1.82) is 0 Å². The number of amides is 1. The molecule has 1 aromatic heterocycles. The number of carbonyl (C=O) groups is 1. The molecule has 0 atom stereocenters. The minimum absolute atomic E-state index is 0.0235. The van der Waals surface area contributed by atoms with E-state index in [1.165, 1.54) is 36.3 Å². The van der Waals surface area contributed by atoms with Gasteiger partial charge in [-0.05, 0) is 37.0 Å². The maximum absolute atomic E-state index is 12.5. The van der Waals surface area contributed by atoms with Crippen molar-refractivity contribution in [3.63, 3.8) is 0 Å². The molecule has 0 N–H and O–H groups in total. The molecular formula is C18H21N3O4. The van der Waals surface area contributed by atoms with Gasteiger partial charge in [0.2, 0.25) is 0 Å². The van der Waals surface area contributed by atoms with Crippen LogP contribution in [-0.4, -0.2) is 35.9 Å². The van der Waals surface area contributed by atoms with Gasteiger partial charge in [-0.2, -0.15) is 0 Å². The first-order chi connectivity index (χ1) is 12.1. The van der Waals surface area contributed by atoms with Crippen LogP contribution in [0.5, 0.6) is 0 Å². The van der Waals surface area contributed by atoms with Crippen molar-refractivity contribution in [2.45, 2.75) is 25.8 Å². The molecule has 1 fully saturated rings. The van der Waals surface area contributed by atoms with E-state index in [4.69, 9.17) is 4.42 Å². The summed E-state index contributed by atoms with van der Waals surface area (Å²) in [5, 5.41) is 10.7. The van der Waals surface area contributed by atoms with Gasteiger partial charge in [0.05, 0.1) is 6.07 Å². The largest absolute Gasteiger partial charge is 0.433 e. The number of piperidine rings is 1. The van der Waals surface area contributed by atoms with Gasteiger partial charge in [-0.1, -0.05) is 18.2 Å². The first kappa shape index (κ1) is 17.0. The van der Waals surface area contributed by atoms with Gasteiger partial charge in [0.25, 0.3) is 5.91 Å². The van der Waals surface area contributed by atoms with Gasteiger partial charge in [0.1, 0.15) is 4.92 Å². The fraction of sp³-hybridized carbons (Fsp3) is 0.389. The molecule has 2 heterocycles. The number of nitro groups is 1. The minimum atomic E-state index is -0.650. The molecule has 7 nitrogen and oxygen atoms in total. The highest BCUT2D eigenvalue weighted by molar-refractivity contribution is 5.91. The molecule has 0 saturated carbocycles. The lowest BCUT2D eigenvalue weighted by Gasteiger charge is -2.31. The third kappa shape index (κ3) is 3.81. The summed E-state index contributed by atoms with van der Waals surface area (Å²) in [5.74, 6) is -0.823. The molecule has 1 saturated heterocycles. The van der Waals surface area contributed by atoms with Gasteiger partial charge in [0.15, 0.2) is 5.76 Å². The fourth-order valence-corrected chi connectivity index (χ4v) is 3.14. The topological polar surface area (TPSA) is 79.8 Å². The predicted molar refractivity (Wildman–Crippen MR) is 93.7 cm³/mol. The van der Waals surface area contributed by atoms with Crippen LogP contribution in [0.25, 0.3) is 0 Å². The molecule has 1 amide bonds. The van der Waals surface area contributed by atoms with E-state index < -0.39 is 10.8 Å². The number of hydrogen-bond donors (Lipinski definition) is 0. The van der Waals surface area contributed by atoms with Crippen LogP contribution < -0.4 is 4.90 Å². The van der Waals surface area contributed by atoms with Crippen LogP contribution in [0.3, 0.4) is 0 Å². The molecular weight excluding hydrogens is 322 g/mol. The molecule has 2 aromatic rings. The summed E-state index contributed by atoms with van der Waals surface area (Å²) in [6.07, 6.45) is 3.62. The van der Waals surface area contributed by atoms with Crippen LogP contribution in [-0.2, 0) is 6.54 Å². The number of benzene rings is 1. The van der Waals surface area contributed by atoms with Crippen molar-refractivity contribution in [3.05, 3.63) is 57.8 Å². The molecule has 7 heteroatoms. The lowest BCUT2D eigenvalue weighted by atomic mass is 10.1. The number of rotatable bonds is 5. The Bertz CT molecular complexity index is 765. The number of nitrogens with zero attached hydrogens (tertiary/aromatic N) is 3. The van der Waals surface area contributed by atoms with Gasteiger partial charge >= 0.3 is 5.88 Å². The summed E-state index contributed by atoms with van der Waals surface area (Å²) in [5.41, 5.74) is 2.20. The molecule has 132 valence electrons. The van der Waals surface area contributed by atoms with Crippen LogP contribution in [0.1, 0.15) is 35.4 Å². The number of furan rings is 1. The Balaban J connectivity index is 1.74. The summed E-state index contributed by atoms with van der Waals surface area (Å²) in [4.78, 5) is 26.4. The first-order valence-electron chi connectivity index (χ1n) is 8.39. The Morgan fingerprint density at radius 2 is 1.92 bits per heavy atom. The van der Waals surface area contributed by atoms with Crippen molar-refractivity contribution < 1.29 is 14.1 Å². The zero-order valence-corrected chi connectivity index (χ0v) is 14.2. The summed E-state index contributed by atoms with van der Waals surface area (Å²) in [7, 11) is 1.67. The highest BCUT2D eigenvalue weighted by Gasteiger charge is 2.22. The zero-order valence-electron chi connectivity index (χ0n) is 14.2. The van der Waals surface area contributed by atoms with E-state index in [1.807, 2.05) is 18.2 Å². The Kier molecular flexibility index (Phi) is 5.02. The van der Waals surface area contributed by atoms with Crippen molar-refractivity contribution in [2.24, 2.45) is 0 Å².